The summed E-state index contributed by atoms with van der Waals surface area (Å²) in [6.07, 6.45) is 0. The molecule has 0 spiro atoms. The van der Waals surface area contributed by atoms with Crippen molar-refractivity contribution >= 4 is 37.5 Å². The van der Waals surface area contributed by atoms with Crippen molar-refractivity contribution in [3.8, 4) is 11.4 Å². The fourth-order valence-corrected chi connectivity index (χ4v) is 2.13. The highest BCUT2D eigenvalue weighted by molar-refractivity contribution is 9.13. The van der Waals surface area contributed by atoms with Crippen LogP contribution in [-0.2, 0) is 7.05 Å². The quantitative estimate of drug-likeness (QED) is 0.608. The average molecular weight is 361 g/mol. The van der Waals surface area contributed by atoms with Crippen LogP contribution in [0.15, 0.2) is 33.5 Å². The summed E-state index contributed by atoms with van der Waals surface area (Å²) < 4.78 is 3.38. The minimum absolute atomic E-state index is 0.0705. The number of nitrogens with zero attached hydrogens (tertiary/aromatic N) is 3. The lowest BCUT2D eigenvalue weighted by atomic mass is 10.2. The van der Waals surface area contributed by atoms with Crippen LogP contribution in [0.5, 0.6) is 0 Å². The van der Waals surface area contributed by atoms with Crippen molar-refractivity contribution in [2.24, 2.45) is 7.05 Å². The van der Waals surface area contributed by atoms with Crippen LogP contribution in [-0.4, -0.2) is 14.5 Å². The summed E-state index contributed by atoms with van der Waals surface area (Å²) in [5, 5.41) is 10.5. The summed E-state index contributed by atoms with van der Waals surface area (Å²) in [6.45, 7) is 0. The van der Waals surface area contributed by atoms with Gasteiger partial charge in [0.05, 0.1) is 4.92 Å². The van der Waals surface area contributed by atoms with Crippen LogP contribution in [0, 0.1) is 10.1 Å². The molecule has 0 aliphatic carbocycles. The Labute approximate surface area is 114 Å². The van der Waals surface area contributed by atoms with Gasteiger partial charge in [-0.2, -0.15) is 0 Å². The van der Waals surface area contributed by atoms with Gasteiger partial charge in [0.25, 0.3) is 5.69 Å². The predicted octanol–water partition coefficient (Wildman–Crippen LogP) is 3.52. The largest absolute Gasteiger partial charge is 0.321 e. The first-order valence-corrected chi connectivity index (χ1v) is 6.22. The summed E-state index contributed by atoms with van der Waals surface area (Å²) in [7, 11) is 1.86. The SMILES string of the molecule is Cn1c(-c2ccc([N+](=O)[O-])cc2)nc(Br)c1Br. The zero-order valence-electron chi connectivity index (χ0n) is 8.72. The van der Waals surface area contributed by atoms with E-state index < -0.39 is 4.92 Å². The number of hydrogen-bond donors (Lipinski definition) is 0. The minimum Gasteiger partial charge on any atom is -0.321 e. The van der Waals surface area contributed by atoms with Crippen LogP contribution in [0.3, 0.4) is 0 Å². The van der Waals surface area contributed by atoms with E-state index in [4.69, 9.17) is 0 Å². The van der Waals surface area contributed by atoms with Crippen molar-refractivity contribution in [3.05, 3.63) is 43.6 Å². The summed E-state index contributed by atoms with van der Waals surface area (Å²) in [6, 6.07) is 6.29. The molecule has 1 heterocycles. The molecular weight excluding hydrogens is 354 g/mol. The molecule has 1 aromatic heterocycles. The molecule has 0 unspecified atom stereocenters. The number of halogens is 2. The van der Waals surface area contributed by atoms with Gasteiger partial charge in [0.1, 0.15) is 15.0 Å². The maximum absolute atomic E-state index is 10.5. The monoisotopic (exact) mass is 359 g/mol. The van der Waals surface area contributed by atoms with Crippen LogP contribution in [0.2, 0.25) is 0 Å². The number of non-ortho nitro benzene ring substituents is 1. The Morgan fingerprint density at radius 3 is 2.29 bits per heavy atom. The third kappa shape index (κ3) is 2.25. The summed E-state index contributed by atoms with van der Waals surface area (Å²) in [5.74, 6) is 0.735. The smallest absolute Gasteiger partial charge is 0.269 e. The maximum atomic E-state index is 10.5. The first-order valence-electron chi connectivity index (χ1n) is 4.63. The molecule has 1 aromatic carbocycles. The van der Waals surface area contributed by atoms with Gasteiger partial charge >= 0.3 is 0 Å². The van der Waals surface area contributed by atoms with Gasteiger partial charge in [-0.25, -0.2) is 4.98 Å². The Balaban J connectivity index is 2.47. The molecule has 0 radical (unpaired) electrons. The Kier molecular flexibility index (Phi) is 3.30. The lowest BCUT2D eigenvalue weighted by molar-refractivity contribution is -0.384. The van der Waals surface area contributed by atoms with Crippen LogP contribution in [0.25, 0.3) is 11.4 Å². The molecule has 17 heavy (non-hydrogen) atoms. The number of hydrogen-bond acceptors (Lipinski definition) is 3. The number of nitro benzene ring substituents is 1. The molecule has 2 aromatic rings. The van der Waals surface area contributed by atoms with Gasteiger partial charge in [-0.1, -0.05) is 0 Å². The fourth-order valence-electron chi connectivity index (χ4n) is 1.44. The van der Waals surface area contributed by atoms with Crippen LogP contribution in [0.4, 0.5) is 5.69 Å². The number of benzene rings is 1. The zero-order chi connectivity index (χ0) is 12.6. The molecule has 0 saturated heterocycles. The molecule has 0 atom stereocenters. The first-order chi connectivity index (χ1) is 8.00. The summed E-state index contributed by atoms with van der Waals surface area (Å²) in [4.78, 5) is 14.4. The molecule has 7 heteroatoms. The average Bonchev–Trinajstić information content (AvgIpc) is 2.57. The molecule has 0 fully saturated rings. The van der Waals surface area contributed by atoms with Crippen molar-refractivity contribution in [1.29, 1.82) is 0 Å². The molecule has 0 saturated carbocycles. The lowest BCUT2D eigenvalue weighted by Gasteiger charge is -2.01. The second kappa shape index (κ2) is 4.58. The molecular formula is C10H7Br2N3O2. The number of imidazole rings is 1. The number of nitro groups is 1. The van der Waals surface area contributed by atoms with Crippen molar-refractivity contribution < 1.29 is 4.92 Å². The Bertz CT molecular complexity index is 578. The molecule has 0 amide bonds. The zero-order valence-corrected chi connectivity index (χ0v) is 11.9. The van der Waals surface area contributed by atoms with Gasteiger partial charge in [-0.3, -0.25) is 10.1 Å². The van der Waals surface area contributed by atoms with E-state index in [0.29, 0.717) is 4.60 Å². The van der Waals surface area contributed by atoms with Crippen molar-refractivity contribution in [3.63, 3.8) is 0 Å². The van der Waals surface area contributed by atoms with Crippen molar-refractivity contribution in [2.45, 2.75) is 0 Å². The molecule has 5 nitrogen and oxygen atoms in total. The van der Waals surface area contributed by atoms with Crippen molar-refractivity contribution in [2.75, 3.05) is 0 Å². The third-order valence-corrected chi connectivity index (χ3v) is 4.32. The van der Waals surface area contributed by atoms with Crippen LogP contribution in [0.1, 0.15) is 0 Å². The Morgan fingerprint density at radius 2 is 1.88 bits per heavy atom. The van der Waals surface area contributed by atoms with E-state index in [1.807, 2.05) is 11.6 Å². The van der Waals surface area contributed by atoms with Gasteiger partial charge in [-0.15, -0.1) is 0 Å². The Hall–Kier alpha value is -1.21. The number of rotatable bonds is 2. The molecule has 0 bridgehead atoms. The van der Waals surface area contributed by atoms with E-state index in [2.05, 4.69) is 36.8 Å². The van der Waals surface area contributed by atoms with Gasteiger partial charge in [0, 0.05) is 24.7 Å². The standard InChI is InChI=1S/C10H7Br2N3O2/c1-14-9(12)8(11)13-10(14)6-2-4-7(5-3-6)15(16)17/h2-5H,1H3. The van der Waals surface area contributed by atoms with Gasteiger partial charge in [-0.05, 0) is 44.0 Å². The van der Waals surface area contributed by atoms with Gasteiger partial charge in [0.2, 0.25) is 0 Å². The third-order valence-electron chi connectivity index (χ3n) is 2.32. The van der Waals surface area contributed by atoms with E-state index in [1.54, 1.807) is 12.1 Å². The highest BCUT2D eigenvalue weighted by atomic mass is 79.9. The molecule has 2 rings (SSSR count). The fraction of sp³-hybridized carbons (Fsp3) is 0.100. The first kappa shape index (κ1) is 12.3. The second-order valence-corrected chi connectivity index (χ2v) is 4.88. The molecule has 0 N–H and O–H groups in total. The topological polar surface area (TPSA) is 61.0 Å². The van der Waals surface area contributed by atoms with E-state index in [0.717, 1.165) is 16.0 Å². The highest BCUT2D eigenvalue weighted by Crippen LogP contribution is 2.29. The second-order valence-electron chi connectivity index (χ2n) is 3.38. The summed E-state index contributed by atoms with van der Waals surface area (Å²) >= 11 is 6.70. The normalized spacial score (nSPS) is 10.5. The van der Waals surface area contributed by atoms with Crippen molar-refractivity contribution in [1.82, 2.24) is 9.55 Å². The minimum atomic E-state index is -0.423. The van der Waals surface area contributed by atoms with Crippen LogP contribution < -0.4 is 0 Å². The van der Waals surface area contributed by atoms with E-state index >= 15 is 0 Å². The molecule has 0 aliphatic heterocycles. The van der Waals surface area contributed by atoms with E-state index in [-0.39, 0.29) is 5.69 Å². The van der Waals surface area contributed by atoms with E-state index in [1.165, 1.54) is 12.1 Å². The summed E-state index contributed by atoms with van der Waals surface area (Å²) in [5.41, 5.74) is 0.894. The number of aromatic nitrogens is 2. The highest BCUT2D eigenvalue weighted by Gasteiger charge is 2.13. The van der Waals surface area contributed by atoms with Gasteiger partial charge in [0.15, 0.2) is 0 Å². The predicted molar refractivity (Wildman–Crippen MR) is 70.7 cm³/mol. The maximum Gasteiger partial charge on any atom is 0.269 e. The Morgan fingerprint density at radius 1 is 1.29 bits per heavy atom. The molecule has 88 valence electrons. The van der Waals surface area contributed by atoms with E-state index in [9.17, 15) is 10.1 Å². The lowest BCUT2D eigenvalue weighted by Crippen LogP contribution is -1.93. The van der Waals surface area contributed by atoms with Crippen LogP contribution >= 0.6 is 31.9 Å². The molecule has 0 aliphatic rings. The van der Waals surface area contributed by atoms with Gasteiger partial charge < -0.3 is 4.57 Å².